The Balaban J connectivity index is 2.43. The van der Waals surface area contributed by atoms with Gasteiger partial charge in [0.1, 0.15) is 0 Å². The van der Waals surface area contributed by atoms with E-state index in [0.29, 0.717) is 31.4 Å². The van der Waals surface area contributed by atoms with Crippen LogP contribution in [0, 0.1) is 5.92 Å². The van der Waals surface area contributed by atoms with Crippen molar-refractivity contribution >= 4 is 11.6 Å². The molecular weight excluding hydrogens is 208 g/mol. The van der Waals surface area contributed by atoms with Crippen LogP contribution in [0.3, 0.4) is 0 Å². The van der Waals surface area contributed by atoms with Crippen molar-refractivity contribution in [3.05, 3.63) is 11.9 Å². The van der Waals surface area contributed by atoms with E-state index in [4.69, 9.17) is 16.2 Å². The predicted molar refractivity (Wildman–Crippen MR) is 60.8 cm³/mol. The lowest BCUT2D eigenvalue weighted by atomic mass is 10.2. The maximum absolute atomic E-state index is 10.9. The van der Waals surface area contributed by atoms with Gasteiger partial charge in [-0.25, -0.2) is 0 Å². The quantitative estimate of drug-likeness (QED) is 0.679. The zero-order valence-electron chi connectivity index (χ0n) is 9.64. The van der Waals surface area contributed by atoms with Crippen molar-refractivity contribution < 1.29 is 9.53 Å². The molecule has 0 aliphatic heterocycles. The Kier molecular flexibility index (Phi) is 4.30. The number of carbonyl (C=O) groups excluding carboxylic acids is 1. The van der Waals surface area contributed by atoms with E-state index in [2.05, 4.69) is 18.9 Å². The molecule has 1 rings (SSSR count). The first-order chi connectivity index (χ1) is 7.50. The minimum Gasteiger partial charge on any atom is -0.396 e. The molecule has 0 bridgehead atoms. The fraction of sp³-hybridized carbons (Fsp3) is 0.600. The first kappa shape index (κ1) is 12.5. The monoisotopic (exact) mass is 226 g/mol. The normalized spacial score (nSPS) is 10.9. The maximum atomic E-state index is 10.9. The molecule has 0 atom stereocenters. The molecule has 1 aromatic rings. The molecule has 1 amide bonds. The molecule has 0 radical (unpaired) electrons. The Labute approximate surface area is 94.5 Å². The number of hydrogen-bond acceptors (Lipinski definition) is 4. The molecule has 16 heavy (non-hydrogen) atoms. The summed E-state index contributed by atoms with van der Waals surface area (Å²) in [5.74, 6) is -0.108. The Hall–Kier alpha value is -1.56. The minimum absolute atomic E-state index is 0.115. The van der Waals surface area contributed by atoms with Crippen LogP contribution in [0.5, 0.6) is 0 Å². The molecule has 0 saturated heterocycles. The standard InChI is InChI=1S/C10H18N4O2/c1-7(2)6-16-4-3-14-5-8(11)9(13-14)10(12)15/h5,7H,3-4,6,11H2,1-2H3,(H2,12,15). The fourth-order valence-corrected chi connectivity index (χ4v) is 1.22. The zero-order chi connectivity index (χ0) is 12.1. The van der Waals surface area contributed by atoms with Crippen LogP contribution in [0.15, 0.2) is 6.20 Å². The number of nitrogen functional groups attached to an aromatic ring is 1. The Morgan fingerprint density at radius 2 is 2.31 bits per heavy atom. The molecule has 0 aliphatic rings. The van der Waals surface area contributed by atoms with E-state index in [-0.39, 0.29) is 5.69 Å². The summed E-state index contributed by atoms with van der Waals surface area (Å²) in [6, 6.07) is 0. The van der Waals surface area contributed by atoms with Gasteiger partial charge in [0, 0.05) is 12.8 Å². The van der Waals surface area contributed by atoms with E-state index in [0.717, 1.165) is 0 Å². The van der Waals surface area contributed by atoms with Gasteiger partial charge in [0.2, 0.25) is 0 Å². The van der Waals surface area contributed by atoms with Gasteiger partial charge in [-0.05, 0) is 5.92 Å². The summed E-state index contributed by atoms with van der Waals surface area (Å²) in [6.07, 6.45) is 1.58. The first-order valence-corrected chi connectivity index (χ1v) is 5.21. The van der Waals surface area contributed by atoms with E-state index in [9.17, 15) is 4.79 Å². The third kappa shape index (κ3) is 3.54. The fourth-order valence-electron chi connectivity index (χ4n) is 1.22. The number of nitrogens with zero attached hydrogens (tertiary/aromatic N) is 2. The number of ether oxygens (including phenoxy) is 1. The average Bonchev–Trinajstić information content (AvgIpc) is 2.54. The van der Waals surface area contributed by atoms with Gasteiger partial charge in [0.05, 0.1) is 18.8 Å². The molecule has 1 aromatic heterocycles. The van der Waals surface area contributed by atoms with Gasteiger partial charge in [-0.2, -0.15) is 5.10 Å². The Morgan fingerprint density at radius 3 is 2.81 bits per heavy atom. The lowest BCUT2D eigenvalue weighted by Gasteiger charge is -2.06. The molecule has 0 aromatic carbocycles. The second-order valence-electron chi connectivity index (χ2n) is 4.03. The minimum atomic E-state index is -0.612. The molecule has 4 N–H and O–H groups in total. The molecule has 90 valence electrons. The van der Waals surface area contributed by atoms with Crippen LogP contribution in [0.4, 0.5) is 5.69 Å². The number of carbonyl (C=O) groups is 1. The lowest BCUT2D eigenvalue weighted by molar-refractivity contribution is 0.0978. The highest BCUT2D eigenvalue weighted by molar-refractivity contribution is 5.95. The number of amides is 1. The number of hydrogen-bond donors (Lipinski definition) is 2. The maximum Gasteiger partial charge on any atom is 0.271 e. The number of rotatable bonds is 6. The van der Waals surface area contributed by atoms with Crippen LogP contribution >= 0.6 is 0 Å². The van der Waals surface area contributed by atoms with Crippen molar-refractivity contribution in [2.24, 2.45) is 11.7 Å². The predicted octanol–water partition coefficient (Wildman–Crippen LogP) is 0.237. The van der Waals surface area contributed by atoms with Crippen molar-refractivity contribution in [2.75, 3.05) is 18.9 Å². The highest BCUT2D eigenvalue weighted by Crippen LogP contribution is 2.07. The summed E-state index contributed by atoms with van der Waals surface area (Å²) in [5, 5.41) is 3.96. The molecule has 0 spiro atoms. The second-order valence-corrected chi connectivity index (χ2v) is 4.03. The zero-order valence-corrected chi connectivity index (χ0v) is 9.64. The van der Waals surface area contributed by atoms with E-state index >= 15 is 0 Å². The molecule has 0 fully saturated rings. The van der Waals surface area contributed by atoms with Gasteiger partial charge in [0.25, 0.3) is 5.91 Å². The van der Waals surface area contributed by atoms with E-state index in [1.165, 1.54) is 0 Å². The molecule has 6 nitrogen and oxygen atoms in total. The number of aromatic nitrogens is 2. The van der Waals surface area contributed by atoms with Gasteiger partial charge >= 0.3 is 0 Å². The first-order valence-electron chi connectivity index (χ1n) is 5.21. The summed E-state index contributed by atoms with van der Waals surface area (Å²) in [4.78, 5) is 10.9. The lowest BCUT2D eigenvalue weighted by Crippen LogP contribution is -2.15. The van der Waals surface area contributed by atoms with Crippen LogP contribution in [0.25, 0.3) is 0 Å². The largest absolute Gasteiger partial charge is 0.396 e. The van der Waals surface area contributed by atoms with Crippen LogP contribution in [-0.4, -0.2) is 28.9 Å². The number of primary amides is 1. The molecule has 1 heterocycles. The van der Waals surface area contributed by atoms with Gasteiger partial charge in [-0.15, -0.1) is 0 Å². The number of anilines is 1. The molecule has 0 saturated carbocycles. The summed E-state index contributed by atoms with van der Waals surface area (Å²) in [5.41, 5.74) is 11.1. The third-order valence-corrected chi connectivity index (χ3v) is 1.94. The van der Waals surface area contributed by atoms with Gasteiger partial charge in [-0.3, -0.25) is 9.48 Å². The van der Waals surface area contributed by atoms with Crippen molar-refractivity contribution in [1.82, 2.24) is 9.78 Å². The average molecular weight is 226 g/mol. The summed E-state index contributed by atoms with van der Waals surface area (Å²) in [7, 11) is 0. The van der Waals surface area contributed by atoms with Crippen LogP contribution in [-0.2, 0) is 11.3 Å². The van der Waals surface area contributed by atoms with Gasteiger partial charge in [0.15, 0.2) is 5.69 Å². The molecule has 0 unspecified atom stereocenters. The SMILES string of the molecule is CC(C)COCCn1cc(N)c(C(N)=O)n1. The van der Waals surface area contributed by atoms with E-state index < -0.39 is 5.91 Å². The highest BCUT2D eigenvalue weighted by atomic mass is 16.5. The van der Waals surface area contributed by atoms with E-state index in [1.54, 1.807) is 10.9 Å². The van der Waals surface area contributed by atoms with Gasteiger partial charge in [-0.1, -0.05) is 13.8 Å². The summed E-state index contributed by atoms with van der Waals surface area (Å²) in [6.45, 7) is 5.97. The molecule has 0 aliphatic carbocycles. The molecular formula is C10H18N4O2. The number of nitrogens with two attached hydrogens (primary N) is 2. The Morgan fingerprint density at radius 1 is 1.62 bits per heavy atom. The van der Waals surface area contributed by atoms with Crippen molar-refractivity contribution in [2.45, 2.75) is 20.4 Å². The molecule has 6 heteroatoms. The van der Waals surface area contributed by atoms with Crippen LogP contribution in [0.1, 0.15) is 24.3 Å². The smallest absolute Gasteiger partial charge is 0.271 e. The van der Waals surface area contributed by atoms with Gasteiger partial charge < -0.3 is 16.2 Å². The van der Waals surface area contributed by atoms with Crippen LogP contribution < -0.4 is 11.5 Å². The van der Waals surface area contributed by atoms with Crippen molar-refractivity contribution in [3.8, 4) is 0 Å². The second kappa shape index (κ2) is 5.50. The summed E-state index contributed by atoms with van der Waals surface area (Å²) < 4.78 is 6.96. The van der Waals surface area contributed by atoms with E-state index in [1.807, 2.05) is 0 Å². The summed E-state index contributed by atoms with van der Waals surface area (Å²) >= 11 is 0. The van der Waals surface area contributed by atoms with Crippen LogP contribution in [0.2, 0.25) is 0 Å². The highest BCUT2D eigenvalue weighted by Gasteiger charge is 2.10. The third-order valence-electron chi connectivity index (χ3n) is 1.94. The topological polar surface area (TPSA) is 96.2 Å². The van der Waals surface area contributed by atoms with Crippen molar-refractivity contribution in [1.29, 1.82) is 0 Å². The van der Waals surface area contributed by atoms with Crippen molar-refractivity contribution in [3.63, 3.8) is 0 Å². The Bertz CT molecular complexity index is 360.